The van der Waals surface area contributed by atoms with Crippen LogP contribution in [0.15, 0.2) is 42.5 Å². The zero-order chi connectivity index (χ0) is 14.9. The number of likely N-dealkylation sites (tertiary alicyclic amines) is 1. The quantitative estimate of drug-likeness (QED) is 0.940. The largest absolute Gasteiger partial charge is 0.342 e. The van der Waals surface area contributed by atoms with Crippen molar-refractivity contribution in [3.63, 3.8) is 0 Å². The smallest absolute Gasteiger partial charge is 0.227 e. The van der Waals surface area contributed by atoms with E-state index in [0.717, 1.165) is 25.1 Å². The SMILES string of the molecule is CC1(CN)CCN(C(=O)Cc2cccc3ccccc23)C1. The second-order valence-corrected chi connectivity index (χ2v) is 6.40. The Morgan fingerprint density at radius 2 is 2.00 bits per heavy atom. The van der Waals surface area contributed by atoms with Crippen molar-refractivity contribution in [1.82, 2.24) is 4.90 Å². The molecule has 2 aromatic rings. The highest BCUT2D eigenvalue weighted by Crippen LogP contribution is 2.29. The monoisotopic (exact) mass is 282 g/mol. The molecule has 1 unspecified atom stereocenters. The summed E-state index contributed by atoms with van der Waals surface area (Å²) in [7, 11) is 0. The first kappa shape index (κ1) is 14.1. The van der Waals surface area contributed by atoms with Gasteiger partial charge >= 0.3 is 0 Å². The van der Waals surface area contributed by atoms with E-state index in [9.17, 15) is 4.79 Å². The fourth-order valence-corrected chi connectivity index (χ4v) is 3.12. The van der Waals surface area contributed by atoms with Crippen molar-refractivity contribution in [2.75, 3.05) is 19.6 Å². The van der Waals surface area contributed by atoms with Crippen LogP contribution >= 0.6 is 0 Å². The lowest BCUT2D eigenvalue weighted by atomic mass is 9.90. The third kappa shape index (κ3) is 2.79. The molecule has 0 saturated carbocycles. The topological polar surface area (TPSA) is 46.3 Å². The minimum Gasteiger partial charge on any atom is -0.342 e. The van der Waals surface area contributed by atoms with Gasteiger partial charge in [0.05, 0.1) is 6.42 Å². The number of rotatable bonds is 3. The molecule has 0 spiro atoms. The molecular weight excluding hydrogens is 260 g/mol. The lowest BCUT2D eigenvalue weighted by molar-refractivity contribution is -0.129. The lowest BCUT2D eigenvalue weighted by Gasteiger charge is -2.22. The molecule has 2 N–H and O–H groups in total. The zero-order valence-corrected chi connectivity index (χ0v) is 12.5. The van der Waals surface area contributed by atoms with E-state index in [1.54, 1.807) is 0 Å². The molecular formula is C18H22N2O. The van der Waals surface area contributed by atoms with Gasteiger partial charge in [-0.05, 0) is 34.7 Å². The van der Waals surface area contributed by atoms with E-state index in [1.807, 2.05) is 23.1 Å². The van der Waals surface area contributed by atoms with Gasteiger partial charge in [-0.25, -0.2) is 0 Å². The Hall–Kier alpha value is -1.87. The molecule has 1 saturated heterocycles. The van der Waals surface area contributed by atoms with Crippen LogP contribution in [0.1, 0.15) is 18.9 Å². The number of fused-ring (bicyclic) bond motifs is 1. The molecule has 1 heterocycles. The summed E-state index contributed by atoms with van der Waals surface area (Å²) in [6.45, 7) is 4.42. The summed E-state index contributed by atoms with van der Waals surface area (Å²) in [4.78, 5) is 14.5. The van der Waals surface area contributed by atoms with E-state index in [4.69, 9.17) is 5.73 Å². The number of amides is 1. The third-order valence-corrected chi connectivity index (χ3v) is 4.62. The summed E-state index contributed by atoms with van der Waals surface area (Å²) >= 11 is 0. The van der Waals surface area contributed by atoms with Gasteiger partial charge < -0.3 is 10.6 Å². The first-order valence-corrected chi connectivity index (χ1v) is 7.56. The molecule has 0 bridgehead atoms. The highest BCUT2D eigenvalue weighted by molar-refractivity contribution is 5.90. The number of nitrogens with zero attached hydrogens (tertiary/aromatic N) is 1. The Kier molecular flexibility index (Phi) is 3.68. The summed E-state index contributed by atoms with van der Waals surface area (Å²) in [6, 6.07) is 14.4. The normalized spacial score (nSPS) is 21.9. The van der Waals surface area contributed by atoms with Gasteiger partial charge in [0.25, 0.3) is 0 Å². The Morgan fingerprint density at radius 1 is 1.24 bits per heavy atom. The van der Waals surface area contributed by atoms with Crippen molar-refractivity contribution in [2.45, 2.75) is 19.8 Å². The van der Waals surface area contributed by atoms with Crippen LogP contribution in [0.4, 0.5) is 0 Å². The maximum atomic E-state index is 12.5. The molecule has 0 aromatic heterocycles. The molecule has 110 valence electrons. The Balaban J connectivity index is 1.78. The van der Waals surface area contributed by atoms with Crippen LogP contribution in [0.2, 0.25) is 0 Å². The number of nitrogens with two attached hydrogens (primary N) is 1. The molecule has 1 aliphatic rings. The van der Waals surface area contributed by atoms with Crippen LogP contribution in [0.3, 0.4) is 0 Å². The molecule has 0 radical (unpaired) electrons. The van der Waals surface area contributed by atoms with E-state index in [2.05, 4.69) is 31.2 Å². The van der Waals surface area contributed by atoms with Gasteiger partial charge in [-0.2, -0.15) is 0 Å². The van der Waals surface area contributed by atoms with Crippen LogP contribution in [-0.2, 0) is 11.2 Å². The van der Waals surface area contributed by atoms with Gasteiger partial charge in [0.2, 0.25) is 5.91 Å². The maximum absolute atomic E-state index is 12.5. The standard InChI is InChI=1S/C18H22N2O/c1-18(12-19)9-10-20(13-18)17(21)11-15-7-4-6-14-5-2-3-8-16(14)15/h2-8H,9-13,19H2,1H3. The predicted octanol–water partition coefficient (Wildman–Crippen LogP) is 2.58. The van der Waals surface area contributed by atoms with Crippen molar-refractivity contribution in [1.29, 1.82) is 0 Å². The highest BCUT2D eigenvalue weighted by Gasteiger charge is 2.34. The molecule has 1 amide bonds. The number of hydrogen-bond donors (Lipinski definition) is 1. The molecule has 1 aliphatic heterocycles. The van der Waals surface area contributed by atoms with E-state index in [0.29, 0.717) is 13.0 Å². The number of carbonyl (C=O) groups is 1. The van der Waals surface area contributed by atoms with Crippen molar-refractivity contribution in [3.8, 4) is 0 Å². The molecule has 2 aromatic carbocycles. The zero-order valence-electron chi connectivity index (χ0n) is 12.5. The fraction of sp³-hybridized carbons (Fsp3) is 0.389. The Bertz CT molecular complexity index is 662. The summed E-state index contributed by atoms with van der Waals surface area (Å²) in [5.41, 5.74) is 7.02. The molecule has 1 fully saturated rings. The summed E-state index contributed by atoms with van der Waals surface area (Å²) < 4.78 is 0. The van der Waals surface area contributed by atoms with E-state index < -0.39 is 0 Å². The van der Waals surface area contributed by atoms with Gasteiger partial charge in [-0.3, -0.25) is 4.79 Å². The molecule has 3 nitrogen and oxygen atoms in total. The molecule has 0 aliphatic carbocycles. The molecule has 21 heavy (non-hydrogen) atoms. The second-order valence-electron chi connectivity index (χ2n) is 6.40. The highest BCUT2D eigenvalue weighted by atomic mass is 16.2. The van der Waals surface area contributed by atoms with Crippen molar-refractivity contribution >= 4 is 16.7 Å². The van der Waals surface area contributed by atoms with E-state index >= 15 is 0 Å². The summed E-state index contributed by atoms with van der Waals surface area (Å²) in [6.07, 6.45) is 1.48. The number of benzene rings is 2. The molecule has 1 atom stereocenters. The predicted molar refractivity (Wildman–Crippen MR) is 86.0 cm³/mol. The first-order chi connectivity index (χ1) is 10.1. The minimum absolute atomic E-state index is 0.0917. The van der Waals surface area contributed by atoms with Gasteiger partial charge in [-0.1, -0.05) is 49.4 Å². The first-order valence-electron chi connectivity index (χ1n) is 7.56. The van der Waals surface area contributed by atoms with Crippen LogP contribution in [0, 0.1) is 5.41 Å². The van der Waals surface area contributed by atoms with E-state index in [-0.39, 0.29) is 11.3 Å². The van der Waals surface area contributed by atoms with Gasteiger partial charge in [-0.15, -0.1) is 0 Å². The maximum Gasteiger partial charge on any atom is 0.227 e. The summed E-state index contributed by atoms with van der Waals surface area (Å²) in [5, 5.41) is 2.37. The molecule has 3 heteroatoms. The average Bonchev–Trinajstić information content (AvgIpc) is 2.91. The van der Waals surface area contributed by atoms with Crippen LogP contribution < -0.4 is 5.73 Å². The second kappa shape index (κ2) is 5.49. The van der Waals surface area contributed by atoms with Crippen LogP contribution in [-0.4, -0.2) is 30.4 Å². The molecule has 3 rings (SSSR count). The number of hydrogen-bond acceptors (Lipinski definition) is 2. The van der Waals surface area contributed by atoms with Crippen LogP contribution in [0.25, 0.3) is 10.8 Å². The Labute approximate surface area is 125 Å². The Morgan fingerprint density at radius 3 is 2.76 bits per heavy atom. The average molecular weight is 282 g/mol. The fourth-order valence-electron chi connectivity index (χ4n) is 3.12. The minimum atomic E-state index is 0.0917. The number of carbonyl (C=O) groups excluding carboxylic acids is 1. The van der Waals surface area contributed by atoms with Crippen molar-refractivity contribution in [2.24, 2.45) is 11.1 Å². The lowest BCUT2D eigenvalue weighted by Crippen LogP contribution is -2.35. The van der Waals surface area contributed by atoms with Crippen molar-refractivity contribution < 1.29 is 4.79 Å². The third-order valence-electron chi connectivity index (χ3n) is 4.62. The van der Waals surface area contributed by atoms with Gasteiger partial charge in [0, 0.05) is 13.1 Å². The summed E-state index contributed by atoms with van der Waals surface area (Å²) in [5.74, 6) is 0.212. The van der Waals surface area contributed by atoms with Crippen molar-refractivity contribution in [3.05, 3.63) is 48.0 Å². The van der Waals surface area contributed by atoms with Crippen LogP contribution in [0.5, 0.6) is 0 Å². The van der Waals surface area contributed by atoms with Gasteiger partial charge in [0.15, 0.2) is 0 Å². The van der Waals surface area contributed by atoms with E-state index in [1.165, 1.54) is 10.8 Å². The van der Waals surface area contributed by atoms with Gasteiger partial charge in [0.1, 0.15) is 0 Å².